The highest BCUT2D eigenvalue weighted by Gasteiger charge is 2.28. The Bertz CT molecular complexity index is 825. The van der Waals surface area contributed by atoms with Crippen molar-refractivity contribution in [2.45, 2.75) is 38.8 Å². The van der Waals surface area contributed by atoms with Gasteiger partial charge in [0.2, 0.25) is 11.8 Å². The number of ether oxygens (including phenoxy) is 1. The quantitative estimate of drug-likeness (QED) is 0.841. The molecule has 0 spiro atoms. The van der Waals surface area contributed by atoms with Crippen molar-refractivity contribution in [2.24, 2.45) is 0 Å². The van der Waals surface area contributed by atoms with E-state index >= 15 is 0 Å². The summed E-state index contributed by atoms with van der Waals surface area (Å²) in [5.41, 5.74) is 1.69. The normalized spacial score (nSPS) is 16.9. The highest BCUT2D eigenvalue weighted by molar-refractivity contribution is 6.31. The Morgan fingerprint density at radius 1 is 1.22 bits per heavy atom. The second-order valence-electron chi connectivity index (χ2n) is 6.74. The molecule has 0 saturated heterocycles. The number of fused-ring (bicyclic) bond motifs is 1. The number of nitrogens with one attached hydrogen (secondary N) is 1. The van der Waals surface area contributed by atoms with E-state index in [0.717, 1.165) is 5.56 Å². The van der Waals surface area contributed by atoms with Crippen molar-refractivity contribution < 1.29 is 14.3 Å². The number of hydrogen-bond acceptors (Lipinski definition) is 3. The number of halogens is 1. The Morgan fingerprint density at radius 3 is 2.70 bits per heavy atom. The average Bonchev–Trinajstić information content (AvgIpc) is 2.66. The fourth-order valence-electron chi connectivity index (χ4n) is 3.14. The number of carbonyl (C=O) groups excluding carboxylic acids is 2. The summed E-state index contributed by atoms with van der Waals surface area (Å²) in [6.07, 6.45) is 0.151. The first-order valence-corrected chi connectivity index (χ1v) is 9.42. The molecule has 1 N–H and O–H groups in total. The summed E-state index contributed by atoms with van der Waals surface area (Å²) in [6.45, 7) is 4.28. The van der Waals surface area contributed by atoms with Gasteiger partial charge in [0.05, 0.1) is 18.3 Å². The lowest BCUT2D eigenvalue weighted by molar-refractivity contribution is -0.125. The number of hydrogen-bond donors (Lipinski definition) is 1. The Balaban J connectivity index is 1.59. The molecule has 2 aromatic rings. The molecule has 1 aliphatic heterocycles. The fourth-order valence-corrected chi connectivity index (χ4v) is 3.31. The average molecular weight is 387 g/mol. The largest absolute Gasteiger partial charge is 0.487 e. The van der Waals surface area contributed by atoms with Gasteiger partial charge < -0.3 is 15.0 Å². The zero-order chi connectivity index (χ0) is 19.4. The van der Waals surface area contributed by atoms with Crippen molar-refractivity contribution in [1.29, 1.82) is 0 Å². The second-order valence-corrected chi connectivity index (χ2v) is 7.18. The maximum absolute atomic E-state index is 12.7. The second kappa shape index (κ2) is 8.44. The summed E-state index contributed by atoms with van der Waals surface area (Å²) in [5, 5.41) is 3.48. The number of rotatable bonds is 5. The molecule has 0 bridgehead atoms. The van der Waals surface area contributed by atoms with E-state index < -0.39 is 0 Å². The van der Waals surface area contributed by atoms with Gasteiger partial charge in [0.1, 0.15) is 11.9 Å². The molecule has 0 unspecified atom stereocenters. The van der Waals surface area contributed by atoms with Crippen LogP contribution < -0.4 is 15.0 Å². The Morgan fingerprint density at radius 2 is 1.96 bits per heavy atom. The molecule has 0 saturated carbocycles. The van der Waals surface area contributed by atoms with Crippen molar-refractivity contribution in [3.63, 3.8) is 0 Å². The molecule has 0 radical (unpaired) electrons. The van der Waals surface area contributed by atoms with Crippen LogP contribution in [-0.2, 0) is 9.59 Å². The standard InChI is InChI=1S/C21H23ClN2O3/c1-14-13-24(18-12-17(22)8-9-19(18)27-14)21(26)11-10-20(25)23-15(2)16-6-4-3-5-7-16/h3-9,12,14-15H,10-11,13H2,1-2H3,(H,23,25)/t14-,15-/m1/s1. The van der Waals surface area contributed by atoms with Crippen LogP contribution in [0.25, 0.3) is 0 Å². The molecule has 1 aliphatic rings. The van der Waals surface area contributed by atoms with Crippen LogP contribution in [0, 0.1) is 0 Å². The van der Waals surface area contributed by atoms with E-state index in [1.54, 1.807) is 23.1 Å². The van der Waals surface area contributed by atoms with Crippen molar-refractivity contribution >= 4 is 29.1 Å². The zero-order valence-electron chi connectivity index (χ0n) is 15.4. The van der Waals surface area contributed by atoms with Gasteiger partial charge in [-0.3, -0.25) is 9.59 Å². The van der Waals surface area contributed by atoms with Gasteiger partial charge in [0, 0.05) is 17.9 Å². The molecule has 142 valence electrons. The minimum Gasteiger partial charge on any atom is -0.487 e. The minimum absolute atomic E-state index is 0.100. The van der Waals surface area contributed by atoms with Crippen LogP contribution in [0.3, 0.4) is 0 Å². The lowest BCUT2D eigenvalue weighted by Crippen LogP contribution is -2.42. The number of benzene rings is 2. The molecule has 3 rings (SSSR count). The summed E-state index contributed by atoms with van der Waals surface area (Å²) in [6, 6.07) is 14.9. The highest BCUT2D eigenvalue weighted by atomic mass is 35.5. The first-order chi connectivity index (χ1) is 12.9. The van der Waals surface area contributed by atoms with Gasteiger partial charge in [-0.05, 0) is 37.6 Å². The van der Waals surface area contributed by atoms with Crippen LogP contribution >= 0.6 is 11.6 Å². The molecular formula is C21H23ClN2O3. The van der Waals surface area contributed by atoms with Crippen molar-refractivity contribution in [3.8, 4) is 5.75 Å². The molecule has 2 amide bonds. The molecule has 2 aromatic carbocycles. The predicted octanol–water partition coefficient (Wildman–Crippen LogP) is 4.11. The van der Waals surface area contributed by atoms with E-state index in [1.807, 2.05) is 44.2 Å². The number of anilines is 1. The molecule has 2 atom stereocenters. The minimum atomic E-state index is -0.146. The van der Waals surface area contributed by atoms with Gasteiger partial charge in [-0.2, -0.15) is 0 Å². The number of amides is 2. The molecule has 0 aliphatic carbocycles. The van der Waals surface area contributed by atoms with Crippen LogP contribution in [-0.4, -0.2) is 24.5 Å². The first kappa shape index (κ1) is 19.2. The molecule has 0 fully saturated rings. The predicted molar refractivity (Wildman–Crippen MR) is 106 cm³/mol. The maximum Gasteiger partial charge on any atom is 0.227 e. The van der Waals surface area contributed by atoms with Crippen LogP contribution in [0.5, 0.6) is 5.75 Å². The maximum atomic E-state index is 12.7. The van der Waals surface area contributed by atoms with Gasteiger partial charge in [-0.15, -0.1) is 0 Å². The molecule has 5 nitrogen and oxygen atoms in total. The third-order valence-electron chi connectivity index (χ3n) is 4.52. The molecular weight excluding hydrogens is 364 g/mol. The monoisotopic (exact) mass is 386 g/mol. The van der Waals surface area contributed by atoms with Crippen LogP contribution in [0.4, 0.5) is 5.69 Å². The van der Waals surface area contributed by atoms with E-state index in [2.05, 4.69) is 5.32 Å². The van der Waals surface area contributed by atoms with Gasteiger partial charge in [-0.25, -0.2) is 0 Å². The third-order valence-corrected chi connectivity index (χ3v) is 4.76. The Hall–Kier alpha value is -2.53. The van der Waals surface area contributed by atoms with Crippen molar-refractivity contribution in [1.82, 2.24) is 5.32 Å². The van der Waals surface area contributed by atoms with E-state index in [-0.39, 0.29) is 36.8 Å². The summed E-state index contributed by atoms with van der Waals surface area (Å²) < 4.78 is 5.76. The van der Waals surface area contributed by atoms with Crippen LogP contribution in [0.2, 0.25) is 5.02 Å². The number of carbonyl (C=O) groups is 2. The fraction of sp³-hybridized carbons (Fsp3) is 0.333. The van der Waals surface area contributed by atoms with Gasteiger partial charge in [0.25, 0.3) is 0 Å². The lowest BCUT2D eigenvalue weighted by Gasteiger charge is -2.33. The van der Waals surface area contributed by atoms with E-state index in [0.29, 0.717) is 23.0 Å². The highest BCUT2D eigenvalue weighted by Crippen LogP contribution is 2.36. The Labute approximate surface area is 164 Å². The van der Waals surface area contributed by atoms with Crippen LogP contribution in [0.15, 0.2) is 48.5 Å². The topological polar surface area (TPSA) is 58.6 Å². The lowest BCUT2D eigenvalue weighted by atomic mass is 10.1. The smallest absolute Gasteiger partial charge is 0.227 e. The summed E-state index contributed by atoms with van der Waals surface area (Å²) in [5.74, 6) is 0.372. The SMILES string of the molecule is C[C@@H]1CN(C(=O)CCC(=O)N[C@H](C)c2ccccc2)c2cc(Cl)ccc2O1. The first-order valence-electron chi connectivity index (χ1n) is 9.05. The van der Waals surface area contributed by atoms with Crippen LogP contribution in [0.1, 0.15) is 38.3 Å². The molecule has 6 heteroatoms. The van der Waals surface area contributed by atoms with Gasteiger partial charge in [-0.1, -0.05) is 41.9 Å². The summed E-state index contributed by atoms with van der Waals surface area (Å²) >= 11 is 6.07. The Kier molecular flexibility index (Phi) is 6.01. The van der Waals surface area contributed by atoms with Crippen molar-refractivity contribution in [2.75, 3.05) is 11.4 Å². The summed E-state index contributed by atoms with van der Waals surface area (Å²) in [4.78, 5) is 26.6. The third kappa shape index (κ3) is 4.80. The van der Waals surface area contributed by atoms with Crippen molar-refractivity contribution in [3.05, 3.63) is 59.1 Å². The molecule has 0 aromatic heterocycles. The molecule has 1 heterocycles. The van der Waals surface area contributed by atoms with Gasteiger partial charge >= 0.3 is 0 Å². The van der Waals surface area contributed by atoms with Gasteiger partial charge in [0.15, 0.2) is 0 Å². The van der Waals surface area contributed by atoms with E-state index in [1.165, 1.54) is 0 Å². The zero-order valence-corrected chi connectivity index (χ0v) is 16.2. The number of nitrogens with zero attached hydrogens (tertiary/aromatic N) is 1. The molecule has 27 heavy (non-hydrogen) atoms. The van der Waals surface area contributed by atoms with E-state index in [9.17, 15) is 9.59 Å². The van der Waals surface area contributed by atoms with E-state index in [4.69, 9.17) is 16.3 Å². The summed E-state index contributed by atoms with van der Waals surface area (Å²) in [7, 11) is 0.